The van der Waals surface area contributed by atoms with Crippen molar-refractivity contribution < 1.29 is 24.8 Å². The van der Waals surface area contributed by atoms with E-state index in [1.165, 1.54) is 30.7 Å². The Bertz CT molecular complexity index is 1340. The van der Waals surface area contributed by atoms with Gasteiger partial charge in [0.2, 0.25) is 5.95 Å². The van der Waals surface area contributed by atoms with Crippen molar-refractivity contribution >= 4 is 17.8 Å². The van der Waals surface area contributed by atoms with Crippen LogP contribution in [0.1, 0.15) is 44.9 Å². The van der Waals surface area contributed by atoms with E-state index in [-0.39, 0.29) is 16.7 Å². The van der Waals surface area contributed by atoms with Crippen LogP contribution in [-0.4, -0.2) is 50.0 Å². The first-order chi connectivity index (χ1) is 18.0. The van der Waals surface area contributed by atoms with Gasteiger partial charge in [0.1, 0.15) is 5.82 Å². The smallest absolute Gasteiger partial charge is 0.346 e. The molecule has 1 fully saturated rings. The highest BCUT2D eigenvalue weighted by molar-refractivity contribution is 5.94. The molecule has 1 N–H and O–H groups in total. The average molecular weight is 479 g/mol. The van der Waals surface area contributed by atoms with E-state index < -0.39 is 49.2 Å². The van der Waals surface area contributed by atoms with Crippen LogP contribution < -0.4 is 10.2 Å². The molecule has 1 aromatic carbocycles. The van der Waals surface area contributed by atoms with Crippen LogP contribution in [0.3, 0.4) is 0 Å². The van der Waals surface area contributed by atoms with Crippen molar-refractivity contribution in [2.24, 2.45) is 5.92 Å². The summed E-state index contributed by atoms with van der Waals surface area (Å²) in [6.45, 7) is -0.380. The number of nitrogens with one attached hydrogen (secondary N) is 1. The van der Waals surface area contributed by atoms with E-state index in [2.05, 4.69) is 20.3 Å². The lowest BCUT2D eigenvalue weighted by Gasteiger charge is -2.25. The third kappa shape index (κ3) is 4.68. The predicted molar refractivity (Wildman–Crippen MR) is 122 cm³/mol. The Hall–Kier alpha value is -3.63. The van der Waals surface area contributed by atoms with Crippen molar-refractivity contribution in [3.8, 4) is 5.69 Å². The molecule has 0 bridgehead atoms. The number of urea groups is 1. The highest BCUT2D eigenvalue weighted by atomic mass is 19.4. The van der Waals surface area contributed by atoms with Gasteiger partial charge in [-0.15, -0.1) is 0 Å². The Labute approximate surface area is 202 Å². The summed E-state index contributed by atoms with van der Waals surface area (Å²) in [7, 11) is 0. The Kier molecular flexibility index (Phi) is 4.69. The van der Waals surface area contributed by atoms with Crippen molar-refractivity contribution in [3.05, 3.63) is 60.3 Å². The van der Waals surface area contributed by atoms with Gasteiger partial charge in [-0.25, -0.2) is 14.8 Å². The SMILES string of the molecule is [2H]C([2H])([2H])N1C(=O)N(c2ccnc(N[C@@H](C)c3cn(-c4ccc(C(F)(F)F)cc4)cn3)n2)C(C(C)C)C1([2H])[2H]. The number of halogens is 3. The average Bonchev–Trinajstić information content (AvgIpc) is 3.39. The number of nitrogens with zero attached hydrogens (tertiary/aromatic N) is 6. The number of benzene rings is 1. The summed E-state index contributed by atoms with van der Waals surface area (Å²) in [4.78, 5) is 27.2. The number of likely N-dealkylation sites (N-methyl/N-ethyl adjacent to an activating group) is 1. The molecule has 11 heteroatoms. The van der Waals surface area contributed by atoms with Crippen LogP contribution in [0.4, 0.5) is 29.7 Å². The summed E-state index contributed by atoms with van der Waals surface area (Å²) < 4.78 is 80.1. The van der Waals surface area contributed by atoms with Gasteiger partial charge in [-0.3, -0.25) is 4.90 Å². The first-order valence-electron chi connectivity index (χ1n) is 13.0. The van der Waals surface area contributed by atoms with Crippen molar-refractivity contribution in [1.82, 2.24) is 24.4 Å². The Morgan fingerprint density at radius 3 is 2.56 bits per heavy atom. The van der Waals surface area contributed by atoms with Gasteiger partial charge in [0.25, 0.3) is 0 Å². The van der Waals surface area contributed by atoms with Gasteiger partial charge < -0.3 is 14.8 Å². The highest BCUT2D eigenvalue weighted by Crippen LogP contribution is 2.30. The first-order valence-corrected chi connectivity index (χ1v) is 10.5. The zero-order chi connectivity index (χ0) is 28.9. The molecule has 3 heterocycles. The van der Waals surface area contributed by atoms with E-state index in [4.69, 9.17) is 6.85 Å². The number of imidazole rings is 1. The number of carbonyl (C=O) groups is 1. The maximum absolute atomic E-state index is 13.1. The molecule has 2 aromatic heterocycles. The van der Waals surface area contributed by atoms with Gasteiger partial charge in [0, 0.05) is 35.7 Å². The van der Waals surface area contributed by atoms with Crippen LogP contribution in [0.5, 0.6) is 0 Å². The van der Waals surface area contributed by atoms with Crippen LogP contribution in [0, 0.1) is 5.92 Å². The minimum Gasteiger partial charge on any atom is -0.346 e. The number of aromatic nitrogens is 4. The fourth-order valence-corrected chi connectivity index (χ4v) is 3.51. The second-order valence-electron chi connectivity index (χ2n) is 8.16. The summed E-state index contributed by atoms with van der Waals surface area (Å²) in [5.41, 5.74) is 0.239. The number of hydrogen-bond acceptors (Lipinski definition) is 5. The second kappa shape index (κ2) is 8.96. The number of hydrogen-bond donors (Lipinski definition) is 1. The monoisotopic (exact) mass is 478 g/mol. The van der Waals surface area contributed by atoms with Gasteiger partial charge >= 0.3 is 12.2 Å². The molecule has 34 heavy (non-hydrogen) atoms. The number of rotatable bonds is 6. The van der Waals surface area contributed by atoms with Gasteiger partial charge in [-0.05, 0) is 43.2 Å². The number of carbonyl (C=O) groups excluding carboxylic acids is 1. The lowest BCUT2D eigenvalue weighted by Crippen LogP contribution is -2.38. The third-order valence-electron chi connectivity index (χ3n) is 5.34. The summed E-state index contributed by atoms with van der Waals surface area (Å²) in [6, 6.07) is 3.37. The molecule has 8 nitrogen and oxygen atoms in total. The first kappa shape index (κ1) is 17.8. The standard InChI is InChI=1S/C23H26F3N7O/c1-14(2)19-12-31(4)22(34)33(19)20-9-10-27-21(30-20)29-15(3)18-11-32(13-28-18)17-7-5-16(6-8-17)23(24,25)26/h5-11,13-15,19H,12H2,1-4H3,(H,27,29,30)/t15-,19?/m0/s1/i4D3,12D2. The summed E-state index contributed by atoms with van der Waals surface area (Å²) in [6.07, 6.45) is 0.00537. The number of alkyl halides is 3. The Morgan fingerprint density at radius 1 is 1.18 bits per heavy atom. The molecule has 0 radical (unpaired) electrons. The zero-order valence-electron chi connectivity index (χ0n) is 23.6. The van der Waals surface area contributed by atoms with Gasteiger partial charge in [-0.1, -0.05) is 13.8 Å². The van der Waals surface area contributed by atoms with Crippen molar-refractivity contribution in [1.29, 1.82) is 0 Å². The molecule has 3 aromatic rings. The second-order valence-corrected chi connectivity index (χ2v) is 8.16. The van der Waals surface area contributed by atoms with E-state index >= 15 is 0 Å². The van der Waals surface area contributed by atoms with Crippen LogP contribution in [0.25, 0.3) is 5.69 Å². The lowest BCUT2D eigenvalue weighted by molar-refractivity contribution is -0.137. The Morgan fingerprint density at radius 2 is 1.91 bits per heavy atom. The molecule has 180 valence electrons. The van der Waals surface area contributed by atoms with Gasteiger partial charge in [-0.2, -0.15) is 18.2 Å². The molecule has 0 spiro atoms. The molecule has 1 unspecified atom stereocenters. The van der Waals surface area contributed by atoms with E-state index in [1.807, 2.05) is 0 Å². The molecule has 1 aliphatic heterocycles. The molecule has 0 aliphatic carbocycles. The topological polar surface area (TPSA) is 79.2 Å². The van der Waals surface area contributed by atoms with Crippen molar-refractivity contribution in [2.75, 3.05) is 23.7 Å². The quantitative estimate of drug-likeness (QED) is 0.553. The molecule has 2 amide bonds. The molecule has 4 rings (SSSR count). The molecule has 2 atom stereocenters. The molecule has 0 saturated carbocycles. The fraction of sp³-hybridized carbons (Fsp3) is 0.391. The van der Waals surface area contributed by atoms with Gasteiger partial charge in [0.05, 0.1) is 32.4 Å². The minimum absolute atomic E-state index is 0.0225. The van der Waals surface area contributed by atoms with Crippen molar-refractivity contribution in [2.45, 2.75) is 39.0 Å². The predicted octanol–water partition coefficient (Wildman–Crippen LogP) is 4.75. The Balaban J connectivity index is 1.56. The van der Waals surface area contributed by atoms with Crippen LogP contribution in [-0.2, 0) is 6.18 Å². The summed E-state index contributed by atoms with van der Waals surface area (Å²) in [5.74, 6) is -0.350. The van der Waals surface area contributed by atoms with Crippen LogP contribution in [0.2, 0.25) is 0 Å². The van der Waals surface area contributed by atoms with Crippen molar-refractivity contribution in [3.63, 3.8) is 0 Å². The van der Waals surface area contributed by atoms with E-state index in [0.29, 0.717) is 11.4 Å². The van der Waals surface area contributed by atoms with E-state index in [1.54, 1.807) is 31.5 Å². The summed E-state index contributed by atoms with van der Waals surface area (Å²) in [5, 5.41) is 3.03. The van der Waals surface area contributed by atoms with Crippen LogP contribution in [0.15, 0.2) is 49.1 Å². The molecule has 1 saturated heterocycles. The van der Waals surface area contributed by atoms with E-state index in [0.717, 1.165) is 17.0 Å². The molecular formula is C23H26F3N7O. The number of anilines is 2. The minimum atomic E-state index is -4.44. The highest BCUT2D eigenvalue weighted by Gasteiger charge is 2.38. The van der Waals surface area contributed by atoms with E-state index in [9.17, 15) is 18.0 Å². The lowest BCUT2D eigenvalue weighted by atomic mass is 10.0. The molecule has 1 aliphatic rings. The third-order valence-corrected chi connectivity index (χ3v) is 5.34. The maximum atomic E-state index is 13.1. The zero-order valence-corrected chi connectivity index (χ0v) is 18.6. The normalized spacial score (nSPS) is 21.6. The summed E-state index contributed by atoms with van der Waals surface area (Å²) >= 11 is 0. The fourth-order valence-electron chi connectivity index (χ4n) is 3.51. The van der Waals surface area contributed by atoms with Crippen LogP contribution >= 0.6 is 0 Å². The maximum Gasteiger partial charge on any atom is 0.416 e. The molecular weight excluding hydrogens is 447 g/mol. The largest absolute Gasteiger partial charge is 0.416 e. The van der Waals surface area contributed by atoms with Gasteiger partial charge in [0.15, 0.2) is 0 Å². The number of amides is 2.